The zero-order chi connectivity index (χ0) is 19.3. The van der Waals surface area contributed by atoms with Gasteiger partial charge >= 0.3 is 0 Å². The Morgan fingerprint density at radius 3 is 2.57 bits per heavy atom. The number of rotatable bonds is 6. The summed E-state index contributed by atoms with van der Waals surface area (Å²) in [6.45, 7) is 2.66. The number of furan rings is 1. The standard InChI is InChI=1S/C23H23BrN2O2/c24-22-12-11-21(28-22)23(27)25-14-3-4-17-7-9-20(10-8-17)26-15-13-18-5-1-2-6-19(18)16-26/h1-2,5-12H,3-4,13-16H2,(H,25,27). The van der Waals surface area contributed by atoms with Gasteiger partial charge in [0.05, 0.1) is 0 Å². The van der Waals surface area contributed by atoms with E-state index in [1.165, 1.54) is 22.4 Å². The van der Waals surface area contributed by atoms with Crippen molar-refractivity contribution in [2.24, 2.45) is 0 Å². The lowest BCUT2D eigenvalue weighted by Gasteiger charge is -2.30. The van der Waals surface area contributed by atoms with Crippen LogP contribution in [0, 0.1) is 0 Å². The van der Waals surface area contributed by atoms with E-state index in [1.54, 1.807) is 12.1 Å². The summed E-state index contributed by atoms with van der Waals surface area (Å²) in [5.74, 6) is 0.158. The summed E-state index contributed by atoms with van der Waals surface area (Å²) >= 11 is 3.21. The van der Waals surface area contributed by atoms with Gasteiger partial charge in [-0.15, -0.1) is 0 Å². The Balaban J connectivity index is 1.25. The van der Waals surface area contributed by atoms with Crippen LogP contribution in [0.2, 0.25) is 0 Å². The van der Waals surface area contributed by atoms with Crippen LogP contribution in [0.1, 0.15) is 33.7 Å². The molecule has 0 saturated heterocycles. The molecule has 0 radical (unpaired) electrons. The second-order valence-electron chi connectivity index (χ2n) is 7.07. The lowest BCUT2D eigenvalue weighted by atomic mass is 9.99. The number of nitrogens with one attached hydrogen (secondary N) is 1. The molecule has 1 aliphatic heterocycles. The van der Waals surface area contributed by atoms with Gasteiger partial charge in [0.15, 0.2) is 10.4 Å². The van der Waals surface area contributed by atoms with Gasteiger partial charge in [0.2, 0.25) is 0 Å². The fraction of sp³-hybridized carbons (Fsp3) is 0.261. The number of aryl methyl sites for hydroxylation is 1. The molecule has 1 aromatic heterocycles. The quantitative estimate of drug-likeness (QED) is 0.552. The molecule has 4 nitrogen and oxygen atoms in total. The molecule has 0 aliphatic carbocycles. The van der Waals surface area contributed by atoms with Crippen molar-refractivity contribution >= 4 is 27.5 Å². The molecule has 4 rings (SSSR count). The van der Waals surface area contributed by atoms with Gasteiger partial charge in [-0.3, -0.25) is 4.79 Å². The van der Waals surface area contributed by atoms with Crippen LogP contribution >= 0.6 is 15.9 Å². The highest BCUT2D eigenvalue weighted by molar-refractivity contribution is 9.10. The minimum atomic E-state index is -0.175. The van der Waals surface area contributed by atoms with Gasteiger partial charge in [-0.2, -0.15) is 0 Å². The second-order valence-corrected chi connectivity index (χ2v) is 7.85. The van der Waals surface area contributed by atoms with Crippen molar-refractivity contribution < 1.29 is 9.21 Å². The molecular formula is C23H23BrN2O2. The summed E-state index contributed by atoms with van der Waals surface area (Å²) in [7, 11) is 0. The number of carbonyl (C=O) groups is 1. The Bertz CT molecular complexity index is 949. The first kappa shape index (κ1) is 18.8. The lowest BCUT2D eigenvalue weighted by Crippen LogP contribution is -2.30. The molecule has 0 bridgehead atoms. The molecule has 2 heterocycles. The minimum Gasteiger partial charge on any atom is -0.444 e. The fourth-order valence-corrected chi connectivity index (χ4v) is 3.91. The van der Waals surface area contributed by atoms with Gasteiger partial charge in [-0.1, -0.05) is 36.4 Å². The van der Waals surface area contributed by atoms with E-state index in [4.69, 9.17) is 4.42 Å². The van der Waals surface area contributed by atoms with Gasteiger partial charge in [-0.25, -0.2) is 0 Å². The van der Waals surface area contributed by atoms with E-state index in [0.29, 0.717) is 17.0 Å². The van der Waals surface area contributed by atoms with E-state index >= 15 is 0 Å². The summed E-state index contributed by atoms with van der Waals surface area (Å²) in [5.41, 5.74) is 5.46. The molecule has 0 fully saturated rings. The van der Waals surface area contributed by atoms with Crippen LogP contribution in [0.3, 0.4) is 0 Å². The maximum absolute atomic E-state index is 11.9. The molecule has 1 N–H and O–H groups in total. The highest BCUT2D eigenvalue weighted by atomic mass is 79.9. The first-order valence-electron chi connectivity index (χ1n) is 9.63. The first-order chi connectivity index (χ1) is 13.7. The molecule has 28 heavy (non-hydrogen) atoms. The van der Waals surface area contributed by atoms with Crippen LogP contribution < -0.4 is 10.2 Å². The zero-order valence-electron chi connectivity index (χ0n) is 15.7. The molecule has 3 aromatic rings. The highest BCUT2D eigenvalue weighted by Crippen LogP contribution is 2.24. The molecule has 0 atom stereocenters. The first-order valence-corrected chi connectivity index (χ1v) is 10.4. The molecule has 0 unspecified atom stereocenters. The molecule has 2 aromatic carbocycles. The van der Waals surface area contributed by atoms with Crippen LogP contribution in [-0.4, -0.2) is 19.0 Å². The third-order valence-corrected chi connectivity index (χ3v) is 5.58. The number of halogens is 1. The zero-order valence-corrected chi connectivity index (χ0v) is 17.2. The van der Waals surface area contributed by atoms with Gasteiger partial charge in [0.1, 0.15) is 0 Å². The van der Waals surface area contributed by atoms with Crippen molar-refractivity contribution in [3.05, 3.63) is 87.8 Å². The Hall–Kier alpha value is -2.53. The van der Waals surface area contributed by atoms with Crippen LogP contribution in [0.25, 0.3) is 0 Å². The summed E-state index contributed by atoms with van der Waals surface area (Å²) in [5, 5.41) is 2.89. The average molecular weight is 439 g/mol. The predicted octanol–water partition coefficient (Wildman–Crippen LogP) is 4.97. The van der Waals surface area contributed by atoms with Crippen molar-refractivity contribution in [1.29, 1.82) is 0 Å². The SMILES string of the molecule is O=C(NCCCc1ccc(N2CCc3ccccc3C2)cc1)c1ccc(Br)o1. The number of fused-ring (bicyclic) bond motifs is 1. The summed E-state index contributed by atoms with van der Waals surface area (Å²) in [6, 6.07) is 20.9. The third kappa shape index (κ3) is 4.47. The maximum atomic E-state index is 11.9. The summed E-state index contributed by atoms with van der Waals surface area (Å²) in [6.07, 6.45) is 2.93. The molecule has 144 valence electrons. The molecule has 0 spiro atoms. The van der Waals surface area contributed by atoms with E-state index in [0.717, 1.165) is 32.4 Å². The largest absolute Gasteiger partial charge is 0.444 e. The van der Waals surface area contributed by atoms with Crippen molar-refractivity contribution in [2.75, 3.05) is 18.0 Å². The fourth-order valence-electron chi connectivity index (χ4n) is 3.61. The van der Waals surface area contributed by atoms with Crippen molar-refractivity contribution in [3.8, 4) is 0 Å². The number of benzene rings is 2. The van der Waals surface area contributed by atoms with E-state index in [2.05, 4.69) is 74.7 Å². The number of anilines is 1. The van der Waals surface area contributed by atoms with Gasteiger partial charge in [-0.05, 0) is 76.1 Å². The van der Waals surface area contributed by atoms with Crippen molar-refractivity contribution in [1.82, 2.24) is 5.32 Å². The number of hydrogen-bond acceptors (Lipinski definition) is 3. The number of amides is 1. The normalized spacial score (nSPS) is 13.2. The summed E-state index contributed by atoms with van der Waals surface area (Å²) in [4.78, 5) is 14.4. The molecule has 1 aliphatic rings. The molecule has 1 amide bonds. The van der Waals surface area contributed by atoms with Gasteiger partial charge in [0, 0.05) is 25.3 Å². The van der Waals surface area contributed by atoms with Crippen LogP contribution in [-0.2, 0) is 19.4 Å². The Labute approximate surface area is 173 Å². The Kier molecular flexibility index (Phi) is 5.81. The average Bonchev–Trinajstić information content (AvgIpc) is 3.17. The molecular weight excluding hydrogens is 416 g/mol. The Morgan fingerprint density at radius 1 is 1.04 bits per heavy atom. The Morgan fingerprint density at radius 2 is 1.82 bits per heavy atom. The monoisotopic (exact) mass is 438 g/mol. The van der Waals surface area contributed by atoms with Gasteiger partial charge < -0.3 is 14.6 Å². The molecule has 0 saturated carbocycles. The lowest BCUT2D eigenvalue weighted by molar-refractivity contribution is 0.0924. The topological polar surface area (TPSA) is 45.5 Å². The van der Waals surface area contributed by atoms with E-state index in [9.17, 15) is 4.79 Å². The third-order valence-electron chi connectivity index (χ3n) is 5.16. The maximum Gasteiger partial charge on any atom is 0.287 e. The highest BCUT2D eigenvalue weighted by Gasteiger charge is 2.16. The van der Waals surface area contributed by atoms with Crippen LogP contribution in [0.4, 0.5) is 5.69 Å². The number of carbonyl (C=O) groups excluding carboxylic acids is 1. The minimum absolute atomic E-state index is 0.175. The number of hydrogen-bond donors (Lipinski definition) is 1. The van der Waals surface area contributed by atoms with E-state index in [1.807, 2.05) is 0 Å². The van der Waals surface area contributed by atoms with E-state index in [-0.39, 0.29) is 5.91 Å². The van der Waals surface area contributed by atoms with E-state index < -0.39 is 0 Å². The van der Waals surface area contributed by atoms with Crippen molar-refractivity contribution in [2.45, 2.75) is 25.8 Å². The smallest absolute Gasteiger partial charge is 0.287 e. The van der Waals surface area contributed by atoms with Crippen LogP contribution in [0.15, 0.2) is 69.8 Å². The molecule has 5 heteroatoms. The van der Waals surface area contributed by atoms with Crippen molar-refractivity contribution in [3.63, 3.8) is 0 Å². The summed E-state index contributed by atoms with van der Waals surface area (Å²) < 4.78 is 5.82. The predicted molar refractivity (Wildman–Crippen MR) is 115 cm³/mol. The van der Waals surface area contributed by atoms with Crippen LogP contribution in [0.5, 0.6) is 0 Å². The number of nitrogens with zero attached hydrogens (tertiary/aromatic N) is 1. The van der Waals surface area contributed by atoms with Gasteiger partial charge in [0.25, 0.3) is 5.91 Å². The second kappa shape index (κ2) is 8.65.